The standard InChI is InChI=1S/C23H22ClN3O4/c1-13(2)25-23-27-18(12-31-23)17-10-19(28)16-8-9-20(21(24)22(16)26-17)30-11-14-4-6-15(29-3)7-5-14/h4-10,12-13H,11H2,1-3H3,(H,25,27)(H,26,28). The highest BCUT2D eigenvalue weighted by atomic mass is 35.5. The Bertz CT molecular complexity index is 1260. The molecule has 0 aliphatic carbocycles. The van der Waals surface area contributed by atoms with Crippen LogP contribution in [-0.2, 0) is 6.61 Å². The lowest BCUT2D eigenvalue weighted by Gasteiger charge is -2.11. The van der Waals surface area contributed by atoms with E-state index in [0.717, 1.165) is 11.3 Å². The maximum absolute atomic E-state index is 12.7. The van der Waals surface area contributed by atoms with Gasteiger partial charge in [-0.05, 0) is 43.7 Å². The van der Waals surface area contributed by atoms with Crippen molar-refractivity contribution < 1.29 is 13.9 Å². The van der Waals surface area contributed by atoms with E-state index < -0.39 is 0 Å². The Hall–Kier alpha value is -3.45. The Labute approximate surface area is 184 Å². The summed E-state index contributed by atoms with van der Waals surface area (Å²) in [6, 6.07) is 13.0. The van der Waals surface area contributed by atoms with Crippen LogP contribution < -0.4 is 20.2 Å². The summed E-state index contributed by atoms with van der Waals surface area (Å²) < 4.78 is 16.5. The number of benzene rings is 2. The maximum Gasteiger partial charge on any atom is 0.295 e. The summed E-state index contributed by atoms with van der Waals surface area (Å²) in [5.41, 5.74) is 2.29. The van der Waals surface area contributed by atoms with E-state index >= 15 is 0 Å². The zero-order valence-corrected chi connectivity index (χ0v) is 18.1. The summed E-state index contributed by atoms with van der Waals surface area (Å²) in [7, 11) is 1.62. The van der Waals surface area contributed by atoms with Gasteiger partial charge in [0.2, 0.25) is 0 Å². The number of rotatable bonds is 7. The number of aromatic amines is 1. The molecule has 0 atom stereocenters. The molecule has 0 saturated carbocycles. The van der Waals surface area contributed by atoms with Crippen LogP contribution in [0.2, 0.25) is 5.02 Å². The molecule has 2 heterocycles. The second-order valence-corrected chi connectivity index (χ2v) is 7.70. The first kappa shape index (κ1) is 20.8. The Morgan fingerprint density at radius 2 is 1.97 bits per heavy atom. The second-order valence-electron chi connectivity index (χ2n) is 7.32. The number of pyridine rings is 1. The molecule has 2 N–H and O–H groups in total. The molecule has 0 bridgehead atoms. The van der Waals surface area contributed by atoms with Crippen LogP contribution in [0.3, 0.4) is 0 Å². The molecule has 0 radical (unpaired) electrons. The molecule has 0 fully saturated rings. The molecule has 7 nitrogen and oxygen atoms in total. The zero-order chi connectivity index (χ0) is 22.0. The molecule has 0 unspecified atom stereocenters. The van der Waals surface area contributed by atoms with E-state index in [1.807, 2.05) is 38.1 Å². The normalized spacial score (nSPS) is 11.1. The number of nitrogens with zero attached hydrogens (tertiary/aromatic N) is 1. The third-order valence-electron chi connectivity index (χ3n) is 4.65. The molecule has 8 heteroatoms. The molecule has 160 valence electrons. The Kier molecular flexibility index (Phi) is 5.86. The predicted octanol–water partition coefficient (Wildman–Crippen LogP) is 5.24. The van der Waals surface area contributed by atoms with E-state index in [9.17, 15) is 4.79 Å². The third kappa shape index (κ3) is 4.51. The van der Waals surface area contributed by atoms with Crippen molar-refractivity contribution in [3.63, 3.8) is 0 Å². The van der Waals surface area contributed by atoms with Gasteiger partial charge in [0.05, 0.1) is 18.3 Å². The number of ether oxygens (including phenoxy) is 2. The smallest absolute Gasteiger partial charge is 0.295 e. The number of methoxy groups -OCH3 is 1. The minimum Gasteiger partial charge on any atom is -0.497 e. The fourth-order valence-corrected chi connectivity index (χ4v) is 3.37. The highest BCUT2D eigenvalue weighted by Gasteiger charge is 2.14. The van der Waals surface area contributed by atoms with Gasteiger partial charge in [-0.3, -0.25) is 4.79 Å². The van der Waals surface area contributed by atoms with Crippen molar-refractivity contribution in [3.05, 3.63) is 69.5 Å². The molecule has 2 aromatic heterocycles. The van der Waals surface area contributed by atoms with E-state index in [2.05, 4.69) is 15.3 Å². The zero-order valence-electron chi connectivity index (χ0n) is 17.4. The number of aromatic nitrogens is 2. The summed E-state index contributed by atoms with van der Waals surface area (Å²) in [6.07, 6.45) is 1.49. The van der Waals surface area contributed by atoms with Crippen molar-refractivity contribution in [1.82, 2.24) is 9.97 Å². The lowest BCUT2D eigenvalue weighted by Crippen LogP contribution is -2.09. The van der Waals surface area contributed by atoms with Crippen LogP contribution in [0.1, 0.15) is 19.4 Å². The van der Waals surface area contributed by atoms with E-state index in [1.165, 1.54) is 12.3 Å². The van der Waals surface area contributed by atoms with E-state index in [4.69, 9.17) is 25.5 Å². The summed E-state index contributed by atoms with van der Waals surface area (Å²) in [4.78, 5) is 20.2. The lowest BCUT2D eigenvalue weighted by atomic mass is 10.1. The molecule has 0 aliphatic rings. The van der Waals surface area contributed by atoms with Crippen molar-refractivity contribution in [2.75, 3.05) is 12.4 Å². The monoisotopic (exact) mass is 439 g/mol. The maximum atomic E-state index is 12.7. The molecule has 4 aromatic rings. The molecule has 4 rings (SSSR count). The van der Waals surface area contributed by atoms with E-state index in [0.29, 0.717) is 45.7 Å². The van der Waals surface area contributed by atoms with Crippen molar-refractivity contribution in [1.29, 1.82) is 0 Å². The van der Waals surface area contributed by atoms with E-state index in [1.54, 1.807) is 19.2 Å². The van der Waals surface area contributed by atoms with E-state index in [-0.39, 0.29) is 11.5 Å². The van der Waals surface area contributed by atoms with Gasteiger partial charge in [-0.25, -0.2) is 0 Å². The minimum atomic E-state index is -0.172. The van der Waals surface area contributed by atoms with Gasteiger partial charge >= 0.3 is 0 Å². The SMILES string of the molecule is COc1ccc(COc2ccc3c(=O)cc(-c4coc(NC(C)C)n4)[nH]c3c2Cl)cc1. The van der Waals surface area contributed by atoms with Gasteiger partial charge in [0, 0.05) is 17.5 Å². The predicted molar refractivity (Wildman–Crippen MR) is 121 cm³/mol. The van der Waals surface area contributed by atoms with Crippen LogP contribution in [0.25, 0.3) is 22.3 Å². The van der Waals surface area contributed by atoms with Crippen LogP contribution in [0.4, 0.5) is 6.01 Å². The number of hydrogen-bond acceptors (Lipinski definition) is 6. The van der Waals surface area contributed by atoms with Gasteiger partial charge in [-0.2, -0.15) is 4.98 Å². The summed E-state index contributed by atoms with van der Waals surface area (Å²) >= 11 is 6.59. The molecular formula is C23H22ClN3O4. The van der Waals surface area contributed by atoms with Crippen LogP contribution in [0.5, 0.6) is 11.5 Å². The van der Waals surface area contributed by atoms with Gasteiger partial charge in [0.1, 0.15) is 35.1 Å². The number of H-pyrrole nitrogens is 1. The first-order valence-electron chi connectivity index (χ1n) is 9.78. The number of hydrogen-bond donors (Lipinski definition) is 2. The second kappa shape index (κ2) is 8.73. The van der Waals surface area contributed by atoms with Gasteiger partial charge in [-0.15, -0.1) is 0 Å². The van der Waals surface area contributed by atoms with Crippen molar-refractivity contribution in [2.45, 2.75) is 26.5 Å². The Morgan fingerprint density at radius 3 is 2.68 bits per heavy atom. The first-order chi connectivity index (χ1) is 14.9. The lowest BCUT2D eigenvalue weighted by molar-refractivity contribution is 0.306. The summed E-state index contributed by atoms with van der Waals surface area (Å²) in [5.74, 6) is 1.25. The van der Waals surface area contributed by atoms with Crippen molar-refractivity contribution >= 4 is 28.5 Å². The molecule has 0 spiro atoms. The van der Waals surface area contributed by atoms with Gasteiger partial charge < -0.3 is 24.2 Å². The number of nitrogens with one attached hydrogen (secondary N) is 2. The molecule has 0 aliphatic heterocycles. The van der Waals surface area contributed by atoms with Gasteiger partial charge in [0.15, 0.2) is 5.43 Å². The molecule has 2 aromatic carbocycles. The van der Waals surface area contributed by atoms with Gasteiger partial charge in [-0.1, -0.05) is 23.7 Å². The quantitative estimate of drug-likeness (QED) is 0.409. The topological polar surface area (TPSA) is 89.4 Å². The molecular weight excluding hydrogens is 418 g/mol. The number of oxazole rings is 1. The largest absolute Gasteiger partial charge is 0.497 e. The van der Waals surface area contributed by atoms with Crippen molar-refractivity contribution in [2.24, 2.45) is 0 Å². The number of halogens is 1. The highest BCUT2D eigenvalue weighted by molar-refractivity contribution is 6.36. The number of fused-ring (bicyclic) bond motifs is 1. The van der Waals surface area contributed by atoms with Gasteiger partial charge in [0.25, 0.3) is 6.01 Å². The number of anilines is 1. The Balaban J connectivity index is 1.64. The molecule has 31 heavy (non-hydrogen) atoms. The van der Waals surface area contributed by atoms with Crippen LogP contribution in [-0.4, -0.2) is 23.1 Å². The first-order valence-corrected chi connectivity index (χ1v) is 10.2. The minimum absolute atomic E-state index is 0.169. The summed E-state index contributed by atoms with van der Waals surface area (Å²) in [5, 5.41) is 3.88. The molecule has 0 saturated heterocycles. The third-order valence-corrected chi connectivity index (χ3v) is 5.03. The summed E-state index contributed by atoms with van der Waals surface area (Å²) in [6.45, 7) is 4.29. The highest BCUT2D eigenvalue weighted by Crippen LogP contribution is 2.32. The van der Waals surface area contributed by atoms with Crippen LogP contribution >= 0.6 is 11.6 Å². The van der Waals surface area contributed by atoms with Crippen molar-refractivity contribution in [3.8, 4) is 22.9 Å². The van der Waals surface area contributed by atoms with Crippen LogP contribution in [0.15, 0.2) is 57.9 Å². The fraction of sp³-hybridized carbons (Fsp3) is 0.217. The Morgan fingerprint density at radius 1 is 1.19 bits per heavy atom. The van der Waals surface area contributed by atoms with Crippen LogP contribution in [0, 0.1) is 0 Å². The fourth-order valence-electron chi connectivity index (χ4n) is 3.11. The average molecular weight is 440 g/mol. The molecule has 0 amide bonds. The average Bonchev–Trinajstić information content (AvgIpc) is 3.21.